The minimum absolute atomic E-state index is 0.0216. The van der Waals surface area contributed by atoms with Crippen LogP contribution in [0.2, 0.25) is 0 Å². The van der Waals surface area contributed by atoms with Crippen LogP contribution in [0.5, 0.6) is 28.7 Å². The Morgan fingerprint density at radius 1 is 0.549 bits per heavy atom. The van der Waals surface area contributed by atoms with Gasteiger partial charge >= 0.3 is 35.8 Å². The van der Waals surface area contributed by atoms with Crippen molar-refractivity contribution in [3.8, 4) is 64.5 Å². The Labute approximate surface area is 407 Å². The van der Waals surface area contributed by atoms with Gasteiger partial charge in [-0.25, -0.2) is 28.8 Å². The van der Waals surface area contributed by atoms with Crippen LogP contribution in [0.4, 0.5) is 8.78 Å². The summed E-state index contributed by atoms with van der Waals surface area (Å²) in [5, 5.41) is 0. The number of carbonyl (C=O) groups is 6. The predicted octanol–water partition coefficient (Wildman–Crippen LogP) is 9.45. The summed E-state index contributed by atoms with van der Waals surface area (Å²) in [6.45, 7) is 24.4. The van der Waals surface area contributed by atoms with E-state index in [1.165, 1.54) is 63.2 Å². The van der Waals surface area contributed by atoms with Crippen molar-refractivity contribution in [2.75, 3.05) is 6.61 Å². The molecule has 0 unspecified atom stereocenters. The van der Waals surface area contributed by atoms with Crippen LogP contribution in [0.25, 0.3) is 12.2 Å². The van der Waals surface area contributed by atoms with Gasteiger partial charge in [0.05, 0.1) is 17.4 Å². The number of carbonyl (C=O) groups excluding carboxylic acids is 6. The highest BCUT2D eigenvalue weighted by atomic mass is 19.1. The molecule has 0 N–H and O–H groups in total. The van der Waals surface area contributed by atoms with Gasteiger partial charge in [0.2, 0.25) is 11.7 Å². The monoisotopic (exact) mass is 958 g/mol. The summed E-state index contributed by atoms with van der Waals surface area (Å²) in [5.74, 6) is 5.52. The lowest BCUT2D eigenvalue weighted by Gasteiger charge is -2.11. The average Bonchev–Trinajstić information content (AvgIpc) is 3.32. The van der Waals surface area contributed by atoms with Crippen LogP contribution in [0, 0.1) is 35.7 Å². The second kappa shape index (κ2) is 25.8. The SMILES string of the molecule is C=CC(=O)Oc1ccc(C#Cc2c(C=COC(=O)C(=C)C)cc(C#Cc3ccc(C=CCOc4ccc(C#COC(=O)C(=C)F)cc4)c(OC(=O)C(=C)C)c3)cc2OC(=O)C(=C)F)c(OC(=O)C(=C)C)c1. The van der Waals surface area contributed by atoms with Crippen molar-refractivity contribution in [3.05, 3.63) is 198 Å². The highest BCUT2D eigenvalue weighted by Crippen LogP contribution is 2.30. The number of hydrogen-bond acceptors (Lipinski definition) is 13. The molecular formula is C56H40F2O13. The third-order valence-corrected chi connectivity index (χ3v) is 8.51. The van der Waals surface area contributed by atoms with E-state index in [0.717, 1.165) is 12.3 Å². The standard InChI is InChI=1S/C56H40F2O13/c1-10-51(59)68-46-23-19-43(49(33-46)70-54(62)36(6)7)20-24-47-44(26-29-66-52(60)34(2)3)30-41(32-50(47)71-56(64)38(9)58)14-13-40-15-18-42(48(31-40)69-53(61)35(4)5)12-11-27-65-45-21-16-39(17-22-45)25-28-67-55(63)37(8)57/h10-12,15-19,21-23,26,29-33H,1-2,4,6,8-9,27H2,3,5,7H3. The van der Waals surface area contributed by atoms with Crippen LogP contribution in [-0.4, -0.2) is 42.4 Å². The van der Waals surface area contributed by atoms with Crippen molar-refractivity contribution < 1.29 is 70.7 Å². The van der Waals surface area contributed by atoms with Crippen LogP contribution < -0.4 is 23.7 Å². The summed E-state index contributed by atoms with van der Waals surface area (Å²) >= 11 is 0. The second-order valence-corrected chi connectivity index (χ2v) is 14.4. The number of benzene rings is 4. The van der Waals surface area contributed by atoms with Gasteiger partial charge in [0.25, 0.3) is 0 Å². The van der Waals surface area contributed by atoms with Gasteiger partial charge in [-0.3, -0.25) is 0 Å². The Bertz CT molecular complexity index is 3170. The Balaban J connectivity index is 1.77. The van der Waals surface area contributed by atoms with Gasteiger partial charge in [-0.2, -0.15) is 8.78 Å². The Morgan fingerprint density at radius 2 is 1.14 bits per heavy atom. The Kier molecular flexibility index (Phi) is 19.4. The number of hydrogen-bond donors (Lipinski definition) is 0. The van der Waals surface area contributed by atoms with Gasteiger partial charge in [-0.05, 0) is 105 Å². The Hall–Kier alpha value is -10.0. The lowest BCUT2D eigenvalue weighted by molar-refractivity contribution is -0.134. The van der Waals surface area contributed by atoms with Crippen molar-refractivity contribution in [1.82, 2.24) is 0 Å². The third kappa shape index (κ3) is 17.0. The number of rotatable bonds is 16. The molecule has 0 spiro atoms. The van der Waals surface area contributed by atoms with E-state index in [1.54, 1.807) is 48.6 Å². The summed E-state index contributed by atoms with van der Waals surface area (Å²) in [5.41, 5.74) is 1.75. The van der Waals surface area contributed by atoms with Crippen molar-refractivity contribution in [2.24, 2.45) is 0 Å². The highest BCUT2D eigenvalue weighted by Gasteiger charge is 2.18. The number of halogens is 2. The first-order chi connectivity index (χ1) is 33.7. The number of esters is 6. The van der Waals surface area contributed by atoms with Crippen molar-refractivity contribution in [3.63, 3.8) is 0 Å². The average molecular weight is 959 g/mol. The van der Waals surface area contributed by atoms with E-state index in [2.05, 4.69) is 79.9 Å². The molecule has 0 aliphatic rings. The van der Waals surface area contributed by atoms with E-state index < -0.39 is 47.5 Å². The molecule has 0 fully saturated rings. The molecule has 4 rings (SSSR count). The van der Waals surface area contributed by atoms with Crippen LogP contribution in [0.15, 0.2) is 159 Å². The largest absolute Gasteiger partial charge is 0.490 e. The zero-order valence-electron chi connectivity index (χ0n) is 38.3. The lowest BCUT2D eigenvalue weighted by atomic mass is 10.0. The van der Waals surface area contributed by atoms with E-state index in [-0.39, 0.29) is 68.6 Å². The molecule has 0 aromatic heterocycles. The summed E-state index contributed by atoms with van der Waals surface area (Å²) < 4.78 is 63.9. The van der Waals surface area contributed by atoms with Crippen LogP contribution >= 0.6 is 0 Å². The van der Waals surface area contributed by atoms with Crippen molar-refractivity contribution in [1.29, 1.82) is 0 Å². The molecule has 356 valence electrons. The fraction of sp³-hybridized carbons (Fsp3) is 0.0714. The molecule has 71 heavy (non-hydrogen) atoms. The Morgan fingerprint density at radius 3 is 1.77 bits per heavy atom. The fourth-order valence-electron chi connectivity index (χ4n) is 5.02. The van der Waals surface area contributed by atoms with Crippen LogP contribution in [-0.2, 0) is 38.2 Å². The van der Waals surface area contributed by atoms with Crippen molar-refractivity contribution >= 4 is 48.0 Å². The first kappa shape index (κ1) is 53.6. The smallest absolute Gasteiger partial charge is 0.380 e. The highest BCUT2D eigenvalue weighted by molar-refractivity contribution is 5.91. The maximum absolute atomic E-state index is 14.2. The molecule has 0 atom stereocenters. The molecule has 0 heterocycles. The van der Waals surface area contributed by atoms with Gasteiger partial charge in [0.1, 0.15) is 35.7 Å². The van der Waals surface area contributed by atoms with E-state index in [4.69, 9.17) is 28.4 Å². The fourth-order valence-corrected chi connectivity index (χ4v) is 5.02. The molecule has 15 heteroatoms. The third-order valence-electron chi connectivity index (χ3n) is 8.51. The zero-order chi connectivity index (χ0) is 52.2. The first-order valence-electron chi connectivity index (χ1n) is 20.4. The zero-order valence-corrected chi connectivity index (χ0v) is 38.3. The van der Waals surface area contributed by atoms with E-state index in [1.807, 2.05) is 0 Å². The van der Waals surface area contributed by atoms with Gasteiger partial charge in [-0.15, -0.1) is 0 Å². The maximum Gasteiger partial charge on any atom is 0.380 e. The molecule has 0 bridgehead atoms. The molecule has 0 radical (unpaired) electrons. The number of ether oxygens (including phenoxy) is 7. The summed E-state index contributed by atoms with van der Waals surface area (Å²) in [4.78, 5) is 73.3. The lowest BCUT2D eigenvalue weighted by Crippen LogP contribution is -2.10. The molecular weight excluding hydrogens is 919 g/mol. The summed E-state index contributed by atoms with van der Waals surface area (Å²) in [7, 11) is 0. The molecule has 13 nitrogen and oxygen atoms in total. The first-order valence-corrected chi connectivity index (χ1v) is 20.4. The maximum atomic E-state index is 14.2. The molecule has 0 aliphatic heterocycles. The predicted molar refractivity (Wildman–Crippen MR) is 258 cm³/mol. The molecule has 0 aliphatic carbocycles. The normalized spacial score (nSPS) is 10.0. The van der Waals surface area contributed by atoms with Gasteiger partial charge in [0.15, 0.2) is 5.75 Å². The molecule has 0 saturated carbocycles. The quantitative estimate of drug-likeness (QED) is 0.0343. The second-order valence-electron chi connectivity index (χ2n) is 14.4. The van der Waals surface area contributed by atoms with Gasteiger partial charge < -0.3 is 33.2 Å². The molecule has 0 saturated heterocycles. The molecule has 0 amide bonds. The van der Waals surface area contributed by atoms with Gasteiger partial charge in [0, 0.05) is 51.1 Å². The summed E-state index contributed by atoms with van der Waals surface area (Å²) in [6, 6.07) is 17.9. The van der Waals surface area contributed by atoms with E-state index >= 15 is 0 Å². The van der Waals surface area contributed by atoms with Gasteiger partial charge in [-0.1, -0.05) is 75.3 Å². The van der Waals surface area contributed by atoms with E-state index in [9.17, 15) is 37.5 Å². The minimum atomic E-state index is -1.47. The minimum Gasteiger partial charge on any atom is -0.490 e. The van der Waals surface area contributed by atoms with E-state index in [0.29, 0.717) is 22.4 Å². The van der Waals surface area contributed by atoms with Crippen LogP contribution in [0.1, 0.15) is 59.7 Å². The van der Waals surface area contributed by atoms with Crippen molar-refractivity contribution in [2.45, 2.75) is 20.8 Å². The molecule has 4 aromatic carbocycles. The topological polar surface area (TPSA) is 167 Å². The summed E-state index contributed by atoms with van der Waals surface area (Å²) in [6.07, 6.45) is 8.62. The molecule has 4 aromatic rings. The van der Waals surface area contributed by atoms with Crippen LogP contribution in [0.3, 0.4) is 0 Å².